The summed E-state index contributed by atoms with van der Waals surface area (Å²) in [6.45, 7) is 3.63. The second-order valence-electron chi connectivity index (χ2n) is 2.02. The predicted molar refractivity (Wildman–Crippen MR) is 47.0 cm³/mol. The van der Waals surface area contributed by atoms with Gasteiger partial charge in [0.1, 0.15) is 0 Å². The van der Waals surface area contributed by atoms with Gasteiger partial charge in [-0.25, -0.2) is 0 Å². The molecule has 0 spiro atoms. The van der Waals surface area contributed by atoms with Crippen LogP contribution in [0.5, 0.6) is 0 Å². The number of hydrogen-bond donors (Lipinski definition) is 0. The molecule has 0 N–H and O–H groups in total. The standard InChI is InChI=1S/C8H8.2K.H2O4S/c1-2-8-6-4-3-5-7-8;;;1-5(2,3)4/h2-7H,1H2;;;(H2,1,2,3,4)/q;2*+1;/p-2. The zero-order valence-corrected chi connectivity index (χ0v) is 15.8. The molecule has 0 radical (unpaired) electrons. The molecule has 72 valence electrons. The predicted octanol–water partition coefficient (Wildman–Crippen LogP) is -5.00. The molecule has 0 aliphatic rings. The molecule has 7 heteroatoms. The van der Waals surface area contributed by atoms with E-state index in [1.807, 2.05) is 36.4 Å². The van der Waals surface area contributed by atoms with Crippen LogP contribution in [0.1, 0.15) is 5.56 Å². The van der Waals surface area contributed by atoms with Crippen LogP contribution in [0.25, 0.3) is 6.08 Å². The van der Waals surface area contributed by atoms with Crippen molar-refractivity contribution < 1.29 is 120 Å². The molecule has 0 amide bonds. The van der Waals surface area contributed by atoms with Crippen molar-refractivity contribution in [2.45, 2.75) is 0 Å². The van der Waals surface area contributed by atoms with Gasteiger partial charge in [0, 0.05) is 10.4 Å². The van der Waals surface area contributed by atoms with Gasteiger partial charge in [-0.15, -0.1) is 0 Å². The first-order valence-electron chi connectivity index (χ1n) is 3.27. The minimum atomic E-state index is -5.17. The van der Waals surface area contributed by atoms with E-state index in [2.05, 4.69) is 6.58 Å². The summed E-state index contributed by atoms with van der Waals surface area (Å²) in [5, 5.41) is 0. The van der Waals surface area contributed by atoms with Gasteiger partial charge in [-0.05, 0) is 5.56 Å². The van der Waals surface area contributed by atoms with E-state index in [-0.39, 0.29) is 103 Å². The first kappa shape index (κ1) is 22.3. The molecule has 1 aromatic rings. The second-order valence-corrected chi connectivity index (χ2v) is 2.84. The third kappa shape index (κ3) is 21.9. The molecule has 0 saturated heterocycles. The molecule has 0 aromatic heterocycles. The Kier molecular flexibility index (Phi) is 18.7. The Balaban J connectivity index is -0.000000185. The minimum absolute atomic E-state index is 0. The zero-order valence-electron chi connectivity index (χ0n) is 8.71. The molecule has 0 bridgehead atoms. The fourth-order valence-electron chi connectivity index (χ4n) is 0.589. The Morgan fingerprint density at radius 2 is 1.40 bits per heavy atom. The van der Waals surface area contributed by atoms with Gasteiger partial charge in [0.25, 0.3) is 0 Å². The van der Waals surface area contributed by atoms with Crippen LogP contribution in [-0.2, 0) is 10.4 Å². The SMILES string of the molecule is C=Cc1ccccc1.O=S(=O)([O-])[O-].[K+].[K+]. The molecule has 0 aliphatic carbocycles. The van der Waals surface area contributed by atoms with E-state index in [1.165, 1.54) is 5.56 Å². The van der Waals surface area contributed by atoms with Crippen LogP contribution in [0, 0.1) is 0 Å². The topological polar surface area (TPSA) is 80.3 Å². The van der Waals surface area contributed by atoms with E-state index in [0.717, 1.165) is 0 Å². The zero-order chi connectivity index (χ0) is 10.3. The molecule has 0 saturated carbocycles. The Bertz CT molecular complexity index is 342. The summed E-state index contributed by atoms with van der Waals surface area (Å²) in [6.07, 6.45) is 1.83. The Labute approximate surface area is 175 Å². The van der Waals surface area contributed by atoms with Crippen LogP contribution >= 0.6 is 0 Å². The average Bonchev–Trinajstić information content (AvgIpc) is 2.03. The molecule has 1 rings (SSSR count). The van der Waals surface area contributed by atoms with Crippen molar-refractivity contribution in [1.82, 2.24) is 0 Å². The van der Waals surface area contributed by atoms with Crippen molar-refractivity contribution in [3.05, 3.63) is 42.5 Å². The normalized spacial score (nSPS) is 8.40. The van der Waals surface area contributed by atoms with Gasteiger partial charge in [-0.1, -0.05) is 43.0 Å². The Morgan fingerprint density at radius 1 is 1.07 bits per heavy atom. The van der Waals surface area contributed by atoms with Gasteiger partial charge < -0.3 is 9.11 Å². The monoisotopic (exact) mass is 278 g/mol. The summed E-state index contributed by atoms with van der Waals surface area (Å²) in [5.41, 5.74) is 1.17. The molecule has 1 aromatic carbocycles. The average molecular weight is 278 g/mol. The number of benzene rings is 1. The molecular weight excluding hydrogens is 270 g/mol. The summed E-state index contributed by atoms with van der Waals surface area (Å²) in [5.74, 6) is 0. The summed E-state index contributed by atoms with van der Waals surface area (Å²) in [6, 6.07) is 10.0. The van der Waals surface area contributed by atoms with E-state index >= 15 is 0 Å². The van der Waals surface area contributed by atoms with Crippen LogP contribution in [0.4, 0.5) is 0 Å². The van der Waals surface area contributed by atoms with Crippen molar-refractivity contribution in [3.63, 3.8) is 0 Å². The van der Waals surface area contributed by atoms with Crippen molar-refractivity contribution in [1.29, 1.82) is 0 Å². The van der Waals surface area contributed by atoms with Gasteiger partial charge in [0.15, 0.2) is 0 Å². The van der Waals surface area contributed by atoms with Gasteiger partial charge in [0.2, 0.25) is 0 Å². The molecule has 0 aliphatic heterocycles. The molecule has 0 unspecified atom stereocenters. The first-order chi connectivity index (χ1) is 5.93. The minimum Gasteiger partial charge on any atom is -0.759 e. The number of hydrogen-bond acceptors (Lipinski definition) is 4. The first-order valence-corrected chi connectivity index (χ1v) is 4.61. The van der Waals surface area contributed by atoms with Crippen molar-refractivity contribution in [2.75, 3.05) is 0 Å². The molecule has 15 heavy (non-hydrogen) atoms. The maximum absolute atomic E-state index is 8.52. The Morgan fingerprint density at radius 3 is 1.60 bits per heavy atom. The van der Waals surface area contributed by atoms with E-state index < -0.39 is 10.4 Å². The maximum atomic E-state index is 8.52. The van der Waals surface area contributed by atoms with Gasteiger partial charge in [0.05, 0.1) is 0 Å². The molecule has 4 nitrogen and oxygen atoms in total. The summed E-state index contributed by atoms with van der Waals surface area (Å²) in [4.78, 5) is 0. The van der Waals surface area contributed by atoms with Crippen molar-refractivity contribution in [3.8, 4) is 0 Å². The smallest absolute Gasteiger partial charge is 0.759 e. The van der Waals surface area contributed by atoms with E-state index in [0.29, 0.717) is 0 Å². The quantitative estimate of drug-likeness (QED) is 0.293. The van der Waals surface area contributed by atoms with Crippen LogP contribution in [-0.4, -0.2) is 17.5 Å². The summed E-state index contributed by atoms with van der Waals surface area (Å²) >= 11 is 0. The Hall–Kier alpha value is 2.10. The van der Waals surface area contributed by atoms with Gasteiger partial charge in [-0.2, -0.15) is 0 Å². The van der Waals surface area contributed by atoms with E-state index in [9.17, 15) is 0 Å². The van der Waals surface area contributed by atoms with Crippen LogP contribution < -0.4 is 103 Å². The summed E-state index contributed by atoms with van der Waals surface area (Å²) in [7, 11) is -5.17. The third-order valence-corrected chi connectivity index (χ3v) is 1.04. The summed E-state index contributed by atoms with van der Waals surface area (Å²) < 4.78 is 34.1. The van der Waals surface area contributed by atoms with Crippen LogP contribution in [0.15, 0.2) is 36.9 Å². The van der Waals surface area contributed by atoms with E-state index in [4.69, 9.17) is 17.5 Å². The molecular formula is C8H8K2O4S. The largest absolute Gasteiger partial charge is 1.00 e. The van der Waals surface area contributed by atoms with Crippen molar-refractivity contribution in [2.24, 2.45) is 0 Å². The third-order valence-electron chi connectivity index (χ3n) is 1.04. The molecule has 0 heterocycles. The van der Waals surface area contributed by atoms with Gasteiger partial charge in [-0.3, -0.25) is 8.42 Å². The second kappa shape index (κ2) is 12.6. The van der Waals surface area contributed by atoms with Crippen molar-refractivity contribution >= 4 is 16.5 Å². The molecule has 0 fully saturated rings. The van der Waals surface area contributed by atoms with E-state index in [1.54, 1.807) is 0 Å². The van der Waals surface area contributed by atoms with Crippen LogP contribution in [0.2, 0.25) is 0 Å². The fourth-order valence-corrected chi connectivity index (χ4v) is 0.589. The fraction of sp³-hybridized carbons (Fsp3) is 0. The number of rotatable bonds is 1. The van der Waals surface area contributed by atoms with Crippen LogP contribution in [0.3, 0.4) is 0 Å². The van der Waals surface area contributed by atoms with Gasteiger partial charge >= 0.3 is 103 Å². The maximum Gasteiger partial charge on any atom is 1.00 e. The molecule has 0 atom stereocenters.